The maximum Gasteiger partial charge on any atom is 0.338 e. The fourth-order valence-electron chi connectivity index (χ4n) is 9.58. The van der Waals surface area contributed by atoms with Gasteiger partial charge in [-0.1, -0.05) is 11.6 Å². The summed E-state index contributed by atoms with van der Waals surface area (Å²) in [5, 5.41) is 0. The Morgan fingerprint density at radius 3 is 2.17 bits per heavy atom. The van der Waals surface area contributed by atoms with E-state index in [9.17, 15) is 9.59 Å². The van der Waals surface area contributed by atoms with Gasteiger partial charge in [-0.15, -0.1) is 0 Å². The average molecular weight is 637 g/mol. The summed E-state index contributed by atoms with van der Waals surface area (Å²) in [6.07, 6.45) is 2.96. The molecule has 1 saturated carbocycles. The second-order valence-electron chi connectivity index (χ2n) is 12.5. The number of anilines is 1. The van der Waals surface area contributed by atoms with Gasteiger partial charge in [0.1, 0.15) is 18.2 Å². The zero-order valence-electron chi connectivity index (χ0n) is 27.4. The molecule has 0 amide bonds. The summed E-state index contributed by atoms with van der Waals surface area (Å²) >= 11 is 0. The molecule has 4 bridgehead atoms. The van der Waals surface area contributed by atoms with Gasteiger partial charge < -0.3 is 42.8 Å². The first-order valence-corrected chi connectivity index (χ1v) is 15.3. The highest BCUT2D eigenvalue weighted by Crippen LogP contribution is 2.78. The van der Waals surface area contributed by atoms with Crippen LogP contribution >= 0.6 is 0 Å². The highest BCUT2D eigenvalue weighted by Gasteiger charge is 2.88. The predicted octanol–water partition coefficient (Wildman–Crippen LogP) is 3.54. The van der Waals surface area contributed by atoms with Gasteiger partial charge in [-0.05, 0) is 37.1 Å². The topological polar surface area (TPSA) is 114 Å². The number of nitrogens with zero attached hydrogens (tertiary/aromatic N) is 2. The molecule has 246 valence electrons. The Balaban J connectivity index is 1.43. The summed E-state index contributed by atoms with van der Waals surface area (Å²) in [6.45, 7) is 2.39. The molecule has 0 radical (unpaired) electrons. The second kappa shape index (κ2) is 10.4. The summed E-state index contributed by atoms with van der Waals surface area (Å²) in [4.78, 5) is 33.3. The zero-order valence-corrected chi connectivity index (χ0v) is 27.4. The molecule has 3 saturated heterocycles. The Hall–Kier alpha value is -4.16. The lowest BCUT2D eigenvalue weighted by Crippen LogP contribution is -2.80. The first kappa shape index (κ1) is 30.5. The number of likely N-dealkylation sites (N-methyl/N-ethyl adjacent to an activating group) is 1. The van der Waals surface area contributed by atoms with Crippen molar-refractivity contribution in [3.05, 3.63) is 47.0 Å². The number of esters is 2. The molecular weight excluding hydrogens is 596 g/mol. The van der Waals surface area contributed by atoms with E-state index in [0.717, 1.165) is 16.8 Å². The number of fused-ring (bicyclic) bond motifs is 4. The molecule has 4 aliphatic heterocycles. The molecule has 0 aromatic heterocycles. The lowest BCUT2D eigenvalue weighted by atomic mass is 9.42. The highest BCUT2D eigenvalue weighted by atomic mass is 16.6. The summed E-state index contributed by atoms with van der Waals surface area (Å²) in [6, 6.07) is 6.97. The molecule has 46 heavy (non-hydrogen) atoms. The standard InChI is InChI=1S/C34H40N2O10/c1-9-18-16-36-27-13-20(18)32(31(38)44-8,17-45-30(37)19-10-25(41-5)29(43-7)26(11-19)42-6)33-15-28(36)46-34(27,33)35(2)22-14-24(40-4)23(39-3)12-21(22)33/h9-12,14,20,27-28H,13,15-17H2,1-8H3/b18-9+. The fraction of sp³-hybridized carbons (Fsp3) is 0.529. The lowest BCUT2D eigenvalue weighted by Gasteiger charge is -2.65. The largest absolute Gasteiger partial charge is 0.493 e. The number of carbonyl (C=O) groups excluding carboxylic acids is 2. The van der Waals surface area contributed by atoms with E-state index in [1.165, 1.54) is 40.6 Å². The number of allylic oxidation sites excluding steroid dienone is 1. The van der Waals surface area contributed by atoms with Gasteiger partial charge >= 0.3 is 11.9 Å². The minimum atomic E-state index is -1.35. The van der Waals surface area contributed by atoms with Gasteiger partial charge in [0.2, 0.25) is 5.75 Å². The van der Waals surface area contributed by atoms with E-state index < -0.39 is 28.5 Å². The molecule has 0 N–H and O–H groups in total. The fourth-order valence-corrected chi connectivity index (χ4v) is 9.58. The van der Waals surface area contributed by atoms with Gasteiger partial charge in [0.25, 0.3) is 0 Å². The Morgan fingerprint density at radius 2 is 1.59 bits per heavy atom. The van der Waals surface area contributed by atoms with Crippen LogP contribution in [0.15, 0.2) is 35.9 Å². The third-order valence-electron chi connectivity index (χ3n) is 11.3. The Bertz CT molecular complexity index is 1630. The van der Waals surface area contributed by atoms with Gasteiger partial charge in [0.15, 0.2) is 28.7 Å². The van der Waals surface area contributed by atoms with Crippen molar-refractivity contribution in [1.29, 1.82) is 0 Å². The molecular formula is C34H40N2O10. The monoisotopic (exact) mass is 636 g/mol. The van der Waals surface area contributed by atoms with Gasteiger partial charge in [0.05, 0.1) is 59.7 Å². The molecule has 12 nitrogen and oxygen atoms in total. The van der Waals surface area contributed by atoms with Gasteiger partial charge in [-0.2, -0.15) is 0 Å². The van der Waals surface area contributed by atoms with E-state index in [0.29, 0.717) is 48.1 Å². The van der Waals surface area contributed by atoms with E-state index in [4.69, 9.17) is 37.9 Å². The van der Waals surface area contributed by atoms with Crippen LogP contribution in [0.1, 0.15) is 35.7 Å². The minimum absolute atomic E-state index is 0.0158. The summed E-state index contributed by atoms with van der Waals surface area (Å²) < 4.78 is 47.0. The normalized spacial score (nSPS) is 32.2. The number of hydrogen-bond acceptors (Lipinski definition) is 12. The second-order valence-corrected chi connectivity index (χ2v) is 12.5. The van der Waals surface area contributed by atoms with Crippen LogP contribution in [-0.4, -0.2) is 97.7 Å². The van der Waals surface area contributed by atoms with Crippen LogP contribution in [0.3, 0.4) is 0 Å². The number of carbonyl (C=O) groups is 2. The predicted molar refractivity (Wildman–Crippen MR) is 165 cm³/mol. The molecule has 6 atom stereocenters. The van der Waals surface area contributed by atoms with Crippen LogP contribution in [0, 0.1) is 11.3 Å². The Morgan fingerprint density at radius 1 is 0.935 bits per heavy atom. The van der Waals surface area contributed by atoms with Crippen molar-refractivity contribution in [2.24, 2.45) is 11.3 Å². The molecule has 1 spiro atoms. The van der Waals surface area contributed by atoms with E-state index in [1.54, 1.807) is 14.2 Å². The summed E-state index contributed by atoms with van der Waals surface area (Å²) in [7, 11) is 11.0. The van der Waals surface area contributed by atoms with Crippen molar-refractivity contribution < 1.29 is 47.5 Å². The van der Waals surface area contributed by atoms with E-state index in [-0.39, 0.29) is 30.4 Å². The Labute approximate surface area is 268 Å². The van der Waals surface area contributed by atoms with Crippen LogP contribution in [0.25, 0.3) is 0 Å². The van der Waals surface area contributed by atoms with Gasteiger partial charge in [-0.25, -0.2) is 4.79 Å². The Kier molecular flexibility index (Phi) is 6.91. The van der Waals surface area contributed by atoms with Crippen LogP contribution in [0.5, 0.6) is 28.7 Å². The van der Waals surface area contributed by atoms with Crippen molar-refractivity contribution in [2.45, 2.75) is 43.2 Å². The average Bonchev–Trinajstić information content (AvgIpc) is 3.70. The van der Waals surface area contributed by atoms with E-state index in [2.05, 4.69) is 15.9 Å². The number of piperidine rings is 2. The van der Waals surface area contributed by atoms with Crippen molar-refractivity contribution in [3.63, 3.8) is 0 Å². The number of rotatable bonds is 9. The summed E-state index contributed by atoms with van der Waals surface area (Å²) in [5.41, 5.74) is -0.207. The quantitative estimate of drug-likeness (QED) is 0.296. The molecule has 12 heteroatoms. The first-order valence-electron chi connectivity index (χ1n) is 15.3. The van der Waals surface area contributed by atoms with Crippen molar-refractivity contribution >= 4 is 17.6 Å². The molecule has 7 rings (SSSR count). The minimum Gasteiger partial charge on any atom is -0.493 e. The lowest BCUT2D eigenvalue weighted by molar-refractivity contribution is -0.194. The maximum absolute atomic E-state index is 14.7. The first-order chi connectivity index (χ1) is 22.2. The number of benzene rings is 2. The van der Waals surface area contributed by atoms with E-state index >= 15 is 0 Å². The molecule has 4 fully saturated rings. The molecule has 6 unspecified atom stereocenters. The third kappa shape index (κ3) is 3.36. The molecule has 4 heterocycles. The van der Waals surface area contributed by atoms with Crippen LogP contribution in [-0.2, 0) is 24.4 Å². The van der Waals surface area contributed by atoms with Crippen molar-refractivity contribution in [3.8, 4) is 28.7 Å². The SMILES string of the molecule is C/C=C1\CN2C3CC45c6cc(OC)c(OC)cc6N(C)C4(O3)C2CC1C5(COC(=O)c1cc(OC)c(OC)c(OC)c1)C(=O)OC. The molecule has 1 aliphatic carbocycles. The van der Waals surface area contributed by atoms with Crippen molar-refractivity contribution in [1.82, 2.24) is 4.90 Å². The van der Waals surface area contributed by atoms with Crippen LogP contribution in [0.4, 0.5) is 5.69 Å². The maximum atomic E-state index is 14.7. The number of hydrogen-bond donors (Lipinski definition) is 0. The highest BCUT2D eigenvalue weighted by molar-refractivity contribution is 5.92. The number of methoxy groups -OCH3 is 6. The number of ether oxygens (including phenoxy) is 8. The van der Waals surface area contributed by atoms with Crippen LogP contribution < -0.4 is 28.6 Å². The molecule has 2 aromatic rings. The van der Waals surface area contributed by atoms with Crippen LogP contribution in [0.2, 0.25) is 0 Å². The molecule has 2 aromatic carbocycles. The summed E-state index contributed by atoms with van der Waals surface area (Å²) in [5.74, 6) is 0.702. The van der Waals surface area contributed by atoms with Gasteiger partial charge in [0, 0.05) is 37.7 Å². The van der Waals surface area contributed by atoms with E-state index in [1.807, 2.05) is 26.1 Å². The smallest absolute Gasteiger partial charge is 0.338 e. The zero-order chi connectivity index (χ0) is 32.8. The third-order valence-corrected chi connectivity index (χ3v) is 11.3. The molecule has 5 aliphatic rings. The van der Waals surface area contributed by atoms with Gasteiger partial charge in [-0.3, -0.25) is 9.69 Å². The van der Waals surface area contributed by atoms with Crippen molar-refractivity contribution in [2.75, 3.05) is 67.8 Å².